The van der Waals surface area contributed by atoms with Gasteiger partial charge in [0.15, 0.2) is 5.78 Å². The second kappa shape index (κ2) is 9.47. The van der Waals surface area contributed by atoms with Crippen LogP contribution in [0.1, 0.15) is 32.4 Å². The highest BCUT2D eigenvalue weighted by Gasteiger charge is 2.46. The predicted octanol–water partition coefficient (Wildman–Crippen LogP) is 5.67. The summed E-state index contributed by atoms with van der Waals surface area (Å²) < 4.78 is 6.19. The maximum Gasteiger partial charge on any atom is 0.339 e. The number of esters is 1. The third kappa shape index (κ3) is 4.71. The molecule has 2 atom stereocenters. The molecule has 0 fully saturated rings. The number of carbonyl (C=O) groups excluding carboxylic acids is 4. The Hall–Kier alpha value is -3.00. The normalized spacial score (nSPS) is 15.4. The van der Waals surface area contributed by atoms with E-state index in [1.165, 1.54) is 24.3 Å². The molecule has 0 unspecified atom stereocenters. The van der Waals surface area contributed by atoms with Gasteiger partial charge in [-0.25, -0.2) is 4.79 Å². The molecule has 1 amide bonds. The Morgan fingerprint density at radius 1 is 0.939 bits per heavy atom. The number of hydrogen-bond donors (Lipinski definition) is 1. The lowest BCUT2D eigenvalue weighted by Gasteiger charge is -2.21. The summed E-state index contributed by atoms with van der Waals surface area (Å²) in [6.45, 7) is 0. The number of Topliss-reactive ketones (excluding diaryl/α,β-unsaturated/α-hetero) is 2. The Kier molecular flexibility index (Phi) is 6.65. The van der Waals surface area contributed by atoms with Crippen molar-refractivity contribution >= 4 is 68.3 Å². The minimum Gasteiger partial charge on any atom is -0.453 e. The number of carbonyl (C=O) groups is 4. The van der Waals surface area contributed by atoms with Crippen LogP contribution >= 0.6 is 39.1 Å². The van der Waals surface area contributed by atoms with Crippen LogP contribution in [0.5, 0.6) is 0 Å². The zero-order valence-corrected chi connectivity index (χ0v) is 19.8. The average Bonchev–Trinajstić information content (AvgIpc) is 3.13. The molecule has 0 radical (unpaired) electrons. The van der Waals surface area contributed by atoms with Gasteiger partial charge in [0.2, 0.25) is 5.78 Å². The number of fused-ring (bicyclic) bond motifs is 1. The fraction of sp³-hybridized carbons (Fsp3) is 0.0833. The van der Waals surface area contributed by atoms with Gasteiger partial charge in [-0.3, -0.25) is 14.4 Å². The molecule has 1 N–H and O–H groups in total. The van der Waals surface area contributed by atoms with Crippen molar-refractivity contribution in [2.24, 2.45) is 5.92 Å². The van der Waals surface area contributed by atoms with Gasteiger partial charge in [0, 0.05) is 21.3 Å². The van der Waals surface area contributed by atoms with Crippen LogP contribution in [0, 0.1) is 5.92 Å². The van der Waals surface area contributed by atoms with Crippen LogP contribution in [0.4, 0.5) is 5.69 Å². The number of benzene rings is 3. The van der Waals surface area contributed by atoms with E-state index in [2.05, 4.69) is 21.2 Å². The molecule has 4 rings (SSSR count). The quantitative estimate of drug-likeness (QED) is 0.186. The van der Waals surface area contributed by atoms with Crippen LogP contribution in [0.15, 0.2) is 71.2 Å². The minimum atomic E-state index is -1.62. The molecule has 0 saturated heterocycles. The third-order valence-corrected chi connectivity index (χ3v) is 6.39. The number of halogens is 3. The molecule has 6 nitrogen and oxygen atoms in total. The Balaban J connectivity index is 1.72. The van der Waals surface area contributed by atoms with Gasteiger partial charge in [0.05, 0.1) is 15.6 Å². The molecule has 1 aliphatic rings. The number of amides is 1. The molecule has 0 saturated carbocycles. The van der Waals surface area contributed by atoms with Crippen LogP contribution < -0.4 is 5.32 Å². The standard InChI is InChI=1S/C24H14BrCl2NO5/c25-13-6-8-14(9-7-13)28-23(31)21(30)19(20(29)12-5-10-17(26)18(27)11-12)22-15-3-1-2-4-16(15)24(32)33-22/h1-11,19,22H,(H,28,31)/t19-,22-/m0/s1. The number of rotatable bonds is 6. The topological polar surface area (TPSA) is 89.5 Å². The van der Waals surface area contributed by atoms with E-state index in [0.717, 1.165) is 4.47 Å². The number of cyclic esters (lactones) is 1. The van der Waals surface area contributed by atoms with Crippen molar-refractivity contribution < 1.29 is 23.9 Å². The molecule has 0 spiro atoms. The highest BCUT2D eigenvalue weighted by Crippen LogP contribution is 2.38. The first-order valence-electron chi connectivity index (χ1n) is 9.66. The first kappa shape index (κ1) is 23.2. The monoisotopic (exact) mass is 545 g/mol. The predicted molar refractivity (Wildman–Crippen MR) is 127 cm³/mol. The van der Waals surface area contributed by atoms with E-state index in [4.69, 9.17) is 27.9 Å². The summed E-state index contributed by atoms with van der Waals surface area (Å²) in [5.41, 5.74) is 1.00. The second-order valence-corrected chi connectivity index (χ2v) is 8.94. The van der Waals surface area contributed by atoms with Gasteiger partial charge in [0.25, 0.3) is 5.91 Å². The summed E-state index contributed by atoms with van der Waals surface area (Å²) in [5.74, 6) is -5.09. The second-order valence-electron chi connectivity index (χ2n) is 7.21. The number of anilines is 1. The number of hydrogen-bond acceptors (Lipinski definition) is 5. The van der Waals surface area contributed by atoms with Gasteiger partial charge in [-0.2, -0.15) is 0 Å². The first-order chi connectivity index (χ1) is 15.8. The van der Waals surface area contributed by atoms with E-state index in [-0.39, 0.29) is 21.2 Å². The highest BCUT2D eigenvalue weighted by atomic mass is 79.9. The Bertz CT molecular complexity index is 1290. The zero-order valence-electron chi connectivity index (χ0n) is 16.7. The molecular formula is C24H14BrCl2NO5. The van der Waals surface area contributed by atoms with Crippen molar-refractivity contribution in [3.63, 3.8) is 0 Å². The molecule has 1 aliphatic heterocycles. The van der Waals surface area contributed by atoms with Crippen molar-refractivity contribution in [3.8, 4) is 0 Å². The lowest BCUT2D eigenvalue weighted by Crippen LogP contribution is -2.38. The number of ketones is 2. The Morgan fingerprint density at radius 3 is 2.33 bits per heavy atom. The van der Waals surface area contributed by atoms with Crippen molar-refractivity contribution in [1.29, 1.82) is 0 Å². The van der Waals surface area contributed by atoms with Gasteiger partial charge in [-0.05, 0) is 48.5 Å². The molecule has 166 valence electrons. The summed E-state index contributed by atoms with van der Waals surface area (Å²) in [6.07, 6.45) is -1.26. The Morgan fingerprint density at radius 2 is 1.64 bits per heavy atom. The van der Waals surface area contributed by atoms with E-state index >= 15 is 0 Å². The van der Waals surface area contributed by atoms with E-state index in [9.17, 15) is 19.2 Å². The van der Waals surface area contributed by atoms with Crippen LogP contribution in [-0.4, -0.2) is 23.4 Å². The molecule has 0 aromatic heterocycles. The lowest BCUT2D eigenvalue weighted by molar-refractivity contribution is -0.138. The van der Waals surface area contributed by atoms with Crippen molar-refractivity contribution in [2.75, 3.05) is 5.32 Å². The molecule has 3 aromatic rings. The smallest absolute Gasteiger partial charge is 0.339 e. The molecule has 0 bridgehead atoms. The van der Waals surface area contributed by atoms with Crippen molar-refractivity contribution in [1.82, 2.24) is 0 Å². The van der Waals surface area contributed by atoms with Gasteiger partial charge in [-0.1, -0.05) is 57.3 Å². The molecule has 9 heteroatoms. The fourth-order valence-electron chi connectivity index (χ4n) is 3.51. The highest BCUT2D eigenvalue weighted by molar-refractivity contribution is 9.10. The van der Waals surface area contributed by atoms with Gasteiger partial charge in [0.1, 0.15) is 12.0 Å². The van der Waals surface area contributed by atoms with Crippen LogP contribution in [0.25, 0.3) is 0 Å². The van der Waals surface area contributed by atoms with Gasteiger partial charge >= 0.3 is 5.97 Å². The molecule has 33 heavy (non-hydrogen) atoms. The van der Waals surface area contributed by atoms with Gasteiger partial charge in [-0.15, -0.1) is 0 Å². The van der Waals surface area contributed by atoms with E-state index < -0.39 is 35.5 Å². The Labute approximate surface area is 207 Å². The van der Waals surface area contributed by atoms with Crippen LogP contribution in [0.2, 0.25) is 10.0 Å². The summed E-state index contributed by atoms with van der Waals surface area (Å²) >= 11 is 15.3. The summed E-state index contributed by atoms with van der Waals surface area (Å²) in [5, 5.41) is 2.82. The minimum absolute atomic E-state index is 0.0552. The molecular weight excluding hydrogens is 533 g/mol. The van der Waals surface area contributed by atoms with E-state index in [1.54, 1.807) is 42.5 Å². The maximum absolute atomic E-state index is 13.5. The van der Waals surface area contributed by atoms with Crippen molar-refractivity contribution in [2.45, 2.75) is 6.10 Å². The number of nitrogens with one attached hydrogen (secondary N) is 1. The summed E-state index contributed by atoms with van der Waals surface area (Å²) in [6, 6.07) is 17.1. The van der Waals surface area contributed by atoms with Crippen LogP contribution in [0.3, 0.4) is 0 Å². The van der Waals surface area contributed by atoms with Gasteiger partial charge < -0.3 is 10.1 Å². The van der Waals surface area contributed by atoms with Crippen molar-refractivity contribution in [3.05, 3.63) is 97.9 Å². The first-order valence-corrected chi connectivity index (χ1v) is 11.2. The summed E-state index contributed by atoms with van der Waals surface area (Å²) in [7, 11) is 0. The largest absolute Gasteiger partial charge is 0.453 e. The summed E-state index contributed by atoms with van der Waals surface area (Å²) in [4.78, 5) is 51.9. The fourth-order valence-corrected chi connectivity index (χ4v) is 4.07. The molecule has 0 aliphatic carbocycles. The zero-order chi connectivity index (χ0) is 23.7. The lowest BCUT2D eigenvalue weighted by atomic mass is 9.84. The van der Waals surface area contributed by atoms with Crippen LogP contribution in [-0.2, 0) is 14.3 Å². The maximum atomic E-state index is 13.5. The molecule has 1 heterocycles. The average molecular weight is 547 g/mol. The molecule has 3 aromatic carbocycles. The number of ether oxygens (including phenoxy) is 1. The third-order valence-electron chi connectivity index (χ3n) is 5.12. The SMILES string of the molecule is O=C(Nc1ccc(Br)cc1)C(=O)[C@H](C(=O)c1ccc(Cl)c(Cl)c1)[C@H]1OC(=O)c2ccccc21. The van der Waals surface area contributed by atoms with E-state index in [1.807, 2.05) is 0 Å². The van der Waals surface area contributed by atoms with E-state index in [0.29, 0.717) is 11.3 Å².